The van der Waals surface area contributed by atoms with E-state index >= 15 is 0 Å². The highest BCUT2D eigenvalue weighted by Crippen LogP contribution is 2.44. The van der Waals surface area contributed by atoms with Crippen molar-refractivity contribution in [3.05, 3.63) is 102 Å². The first-order chi connectivity index (χ1) is 28.6. The van der Waals surface area contributed by atoms with Gasteiger partial charge in [-0.3, -0.25) is 0 Å². The monoisotopic (exact) mass is 835 g/mol. The molecule has 3 aliphatic heterocycles. The number of hydrogen-bond donors (Lipinski definition) is 0. The average molecular weight is 835 g/mol. The summed E-state index contributed by atoms with van der Waals surface area (Å²) in [5, 5.41) is 0. The Morgan fingerprint density at radius 3 is 1.23 bits per heavy atom. The maximum atomic E-state index is 10.5. The van der Waals surface area contributed by atoms with Crippen molar-refractivity contribution in [2.24, 2.45) is 0 Å². The fourth-order valence-electron chi connectivity index (χ4n) is 9.45. The van der Waals surface area contributed by atoms with Gasteiger partial charge in [0.25, 0.3) is 0 Å². The van der Waals surface area contributed by atoms with Gasteiger partial charge in [0, 0.05) is 6.42 Å². The number of carbonyl (C=O) groups is 1. The fourth-order valence-corrected chi connectivity index (χ4v) is 9.45. The Morgan fingerprint density at radius 1 is 0.508 bits per heavy atom. The van der Waals surface area contributed by atoms with E-state index < -0.39 is 0 Å². The lowest BCUT2D eigenvalue weighted by Crippen LogP contribution is -2.37. The first-order valence-electron chi connectivity index (χ1n) is 23.9. The zero-order valence-electron chi connectivity index (χ0n) is 41.9. The van der Waals surface area contributed by atoms with Crippen molar-refractivity contribution in [3.8, 4) is 11.5 Å². The maximum absolute atomic E-state index is 10.5. The highest BCUT2D eigenvalue weighted by Gasteiger charge is 2.46. The van der Waals surface area contributed by atoms with E-state index in [4.69, 9.17) is 14.2 Å². The van der Waals surface area contributed by atoms with Crippen LogP contribution >= 0.6 is 0 Å². The SMILES string of the molecule is C/C(=C\CC/C(C)=C/CC[C@]1(C)CCc2c(C)c(C)c(C)c(C)c2O1)CCC=O.C/C(=C\CC[C@]1(C)CCc2c(C)c(C)c(C)c(C)c2O1)CC/C=C(\C)CCC1OC1(C)C. The van der Waals surface area contributed by atoms with E-state index in [0.717, 1.165) is 108 Å². The topological polar surface area (TPSA) is 48.1 Å². The molecule has 0 aromatic heterocycles. The van der Waals surface area contributed by atoms with E-state index in [1.165, 1.54) is 83.7 Å². The first-order valence-corrected chi connectivity index (χ1v) is 23.9. The van der Waals surface area contributed by atoms with Gasteiger partial charge < -0.3 is 19.0 Å². The van der Waals surface area contributed by atoms with E-state index in [2.05, 4.69) is 135 Å². The molecule has 338 valence electrons. The third kappa shape index (κ3) is 13.8. The summed E-state index contributed by atoms with van der Waals surface area (Å²) in [6, 6.07) is 0. The van der Waals surface area contributed by atoms with Gasteiger partial charge in [0.2, 0.25) is 0 Å². The maximum Gasteiger partial charge on any atom is 0.126 e. The van der Waals surface area contributed by atoms with Gasteiger partial charge in [-0.05, 0) is 263 Å². The average Bonchev–Trinajstić information content (AvgIpc) is 3.84. The minimum atomic E-state index is -0.0754. The van der Waals surface area contributed by atoms with Gasteiger partial charge in [0.15, 0.2) is 0 Å². The van der Waals surface area contributed by atoms with E-state index in [0.29, 0.717) is 12.5 Å². The minimum Gasteiger partial charge on any atom is -0.487 e. The lowest BCUT2D eigenvalue weighted by atomic mass is 9.83. The molecule has 2 aromatic rings. The molecule has 0 radical (unpaired) electrons. The number of rotatable bonds is 18. The highest BCUT2D eigenvalue weighted by atomic mass is 16.6. The zero-order chi connectivity index (χ0) is 45.3. The molecule has 5 rings (SSSR count). The first kappa shape index (κ1) is 50.3. The van der Waals surface area contributed by atoms with Gasteiger partial charge in [0.05, 0.1) is 11.7 Å². The lowest BCUT2D eigenvalue weighted by molar-refractivity contribution is -0.107. The van der Waals surface area contributed by atoms with Crippen molar-refractivity contribution in [2.75, 3.05) is 0 Å². The van der Waals surface area contributed by atoms with Crippen LogP contribution in [0, 0.1) is 55.4 Å². The summed E-state index contributed by atoms with van der Waals surface area (Å²) in [7, 11) is 0. The standard InChI is InChI=1S/C30H46O2.C27H40O2/c1-20(12-10-13-21(2)15-16-27-29(7,8)31-27)14-11-18-30(9)19-17-26-24(5)22(3)23(4)25(6)28(26)32-30;1-19(11-8-12-20(2)14-10-18-28)13-9-16-27(7)17-15-25-23(5)21(3)22(4)24(6)26(25)29-27/h13-14,27H,10-12,15-19H2,1-9H3;12-13,18H,8-11,14-17H2,1-7H3/b20-14+,21-13+;19-13+,20-12+/t27?,30-;27-/m11/s1. The molecule has 4 nitrogen and oxygen atoms in total. The number of fused-ring (bicyclic) bond motifs is 2. The van der Waals surface area contributed by atoms with Gasteiger partial charge >= 0.3 is 0 Å². The predicted octanol–water partition coefficient (Wildman–Crippen LogP) is 15.9. The van der Waals surface area contributed by atoms with E-state index in [-0.39, 0.29) is 16.8 Å². The van der Waals surface area contributed by atoms with Crippen LogP contribution < -0.4 is 9.47 Å². The summed E-state index contributed by atoms with van der Waals surface area (Å²) in [5.74, 6) is 2.32. The molecule has 2 aromatic carbocycles. The Morgan fingerprint density at radius 2 is 0.852 bits per heavy atom. The molecular weight excluding hydrogens is 749 g/mol. The number of epoxide rings is 1. The van der Waals surface area contributed by atoms with Crippen molar-refractivity contribution in [3.63, 3.8) is 0 Å². The molecule has 3 aliphatic rings. The second-order valence-corrected chi connectivity index (χ2v) is 20.5. The van der Waals surface area contributed by atoms with Crippen molar-refractivity contribution in [2.45, 2.75) is 236 Å². The molecule has 0 saturated carbocycles. The van der Waals surface area contributed by atoms with Crippen molar-refractivity contribution >= 4 is 6.29 Å². The van der Waals surface area contributed by atoms with Crippen LogP contribution in [0.25, 0.3) is 0 Å². The second kappa shape index (κ2) is 21.8. The predicted molar refractivity (Wildman–Crippen MR) is 261 cm³/mol. The van der Waals surface area contributed by atoms with Crippen LogP contribution in [0.3, 0.4) is 0 Å². The third-order valence-electron chi connectivity index (χ3n) is 15.0. The molecule has 1 saturated heterocycles. The molecule has 0 bridgehead atoms. The van der Waals surface area contributed by atoms with Crippen LogP contribution in [0.1, 0.15) is 201 Å². The smallest absolute Gasteiger partial charge is 0.126 e. The van der Waals surface area contributed by atoms with Gasteiger partial charge in [-0.1, -0.05) is 46.6 Å². The minimum absolute atomic E-state index is 0.0577. The molecule has 0 spiro atoms. The second-order valence-electron chi connectivity index (χ2n) is 20.5. The summed E-state index contributed by atoms with van der Waals surface area (Å²) < 4.78 is 19.0. The summed E-state index contributed by atoms with van der Waals surface area (Å²) >= 11 is 0. The number of hydrogen-bond acceptors (Lipinski definition) is 4. The Bertz CT molecular complexity index is 1980. The summed E-state index contributed by atoms with van der Waals surface area (Å²) in [5.41, 5.74) is 19.7. The van der Waals surface area contributed by atoms with Crippen LogP contribution in [-0.2, 0) is 22.4 Å². The van der Waals surface area contributed by atoms with Crippen LogP contribution in [0.5, 0.6) is 11.5 Å². The van der Waals surface area contributed by atoms with Crippen LogP contribution in [0.4, 0.5) is 0 Å². The lowest BCUT2D eigenvalue weighted by Gasteiger charge is -2.38. The Hall–Kier alpha value is -3.37. The molecule has 0 aliphatic carbocycles. The van der Waals surface area contributed by atoms with Crippen molar-refractivity contribution in [1.29, 1.82) is 0 Å². The Labute approximate surface area is 374 Å². The van der Waals surface area contributed by atoms with Crippen LogP contribution in [0.15, 0.2) is 46.6 Å². The van der Waals surface area contributed by atoms with Gasteiger partial charge in [-0.25, -0.2) is 0 Å². The molecule has 3 heterocycles. The molecule has 0 amide bonds. The Balaban J connectivity index is 0.000000270. The molecule has 4 heteroatoms. The number of aldehydes is 1. The summed E-state index contributed by atoms with van der Waals surface area (Å²) in [6.45, 7) is 35.7. The largest absolute Gasteiger partial charge is 0.487 e. The molecule has 3 atom stereocenters. The third-order valence-corrected chi connectivity index (χ3v) is 15.0. The van der Waals surface area contributed by atoms with Crippen LogP contribution in [-0.4, -0.2) is 29.2 Å². The molecular formula is C57H86O4. The Kier molecular flexibility index (Phi) is 18.0. The van der Waals surface area contributed by atoms with Crippen molar-refractivity contribution in [1.82, 2.24) is 0 Å². The summed E-state index contributed by atoms with van der Waals surface area (Å²) in [6.07, 6.45) is 28.0. The molecule has 1 fully saturated rings. The van der Waals surface area contributed by atoms with Crippen molar-refractivity contribution < 1.29 is 19.0 Å². The van der Waals surface area contributed by atoms with Gasteiger partial charge in [-0.15, -0.1) is 0 Å². The van der Waals surface area contributed by atoms with Gasteiger partial charge in [-0.2, -0.15) is 0 Å². The molecule has 61 heavy (non-hydrogen) atoms. The van der Waals surface area contributed by atoms with E-state index in [9.17, 15) is 4.79 Å². The number of allylic oxidation sites excluding steroid dienone is 8. The van der Waals surface area contributed by atoms with Crippen LogP contribution in [0.2, 0.25) is 0 Å². The number of benzene rings is 2. The fraction of sp³-hybridized carbons (Fsp3) is 0.632. The van der Waals surface area contributed by atoms with Gasteiger partial charge in [0.1, 0.15) is 29.0 Å². The summed E-state index contributed by atoms with van der Waals surface area (Å²) in [4.78, 5) is 10.5. The molecule has 0 N–H and O–H groups in total. The van der Waals surface area contributed by atoms with E-state index in [1.54, 1.807) is 0 Å². The number of ether oxygens (including phenoxy) is 3. The quantitative estimate of drug-likeness (QED) is 0.0853. The zero-order valence-corrected chi connectivity index (χ0v) is 41.9. The normalized spacial score (nSPS) is 22.4. The number of carbonyl (C=O) groups excluding carboxylic acids is 1. The highest BCUT2D eigenvalue weighted by molar-refractivity contribution is 5.56. The molecule has 1 unspecified atom stereocenters. The van der Waals surface area contributed by atoms with E-state index in [1.807, 2.05) is 0 Å².